The van der Waals surface area contributed by atoms with E-state index in [0.29, 0.717) is 22.2 Å². The minimum absolute atomic E-state index is 0.116. The van der Waals surface area contributed by atoms with E-state index in [0.717, 1.165) is 24.8 Å². The number of carbonyl (C=O) groups excluding carboxylic acids is 2. The fourth-order valence-corrected chi connectivity index (χ4v) is 5.25. The van der Waals surface area contributed by atoms with E-state index in [1.54, 1.807) is 12.1 Å². The number of primary amides is 1. The van der Waals surface area contributed by atoms with Gasteiger partial charge in [0.15, 0.2) is 11.7 Å². The first kappa shape index (κ1) is 22.2. The molecule has 0 unspecified atom stereocenters. The molecule has 8 heteroatoms. The Balaban J connectivity index is 1.66. The van der Waals surface area contributed by atoms with Gasteiger partial charge >= 0.3 is 0 Å². The zero-order chi connectivity index (χ0) is 21.9. The van der Waals surface area contributed by atoms with Crippen LogP contribution in [0.5, 0.6) is 5.75 Å². The van der Waals surface area contributed by atoms with Gasteiger partial charge in [-0.1, -0.05) is 39.0 Å². The summed E-state index contributed by atoms with van der Waals surface area (Å²) in [5.74, 6) is 0.276. The average Bonchev–Trinajstić information content (AvgIpc) is 3.03. The molecular weight excluding hydrogens is 418 g/mol. The SMILES string of the molecule is CC(C)(C)[C@@H]1CCc2c(sc(NC(=S)NC(=O)COc3ccccc3)c2C(N)=O)C1. The van der Waals surface area contributed by atoms with Gasteiger partial charge in [0.1, 0.15) is 10.8 Å². The van der Waals surface area contributed by atoms with Crippen LogP contribution in [0.25, 0.3) is 0 Å². The van der Waals surface area contributed by atoms with Crippen molar-refractivity contribution >= 4 is 45.5 Å². The van der Waals surface area contributed by atoms with Crippen LogP contribution in [0.15, 0.2) is 30.3 Å². The number of nitrogens with one attached hydrogen (secondary N) is 2. The first-order chi connectivity index (χ1) is 14.1. The molecular formula is C22H27N3O3S2. The molecule has 0 spiro atoms. The van der Waals surface area contributed by atoms with Crippen molar-refractivity contribution in [3.8, 4) is 5.75 Å². The maximum Gasteiger partial charge on any atom is 0.264 e. The van der Waals surface area contributed by atoms with Crippen LogP contribution in [0.1, 0.15) is 48.0 Å². The fourth-order valence-electron chi connectivity index (χ4n) is 3.64. The van der Waals surface area contributed by atoms with E-state index >= 15 is 0 Å². The molecule has 1 aromatic heterocycles. The van der Waals surface area contributed by atoms with Crippen molar-refractivity contribution in [2.75, 3.05) is 11.9 Å². The molecule has 0 radical (unpaired) electrons. The molecule has 4 N–H and O–H groups in total. The lowest BCUT2D eigenvalue weighted by Gasteiger charge is -2.33. The lowest BCUT2D eigenvalue weighted by atomic mass is 9.72. The van der Waals surface area contributed by atoms with Gasteiger partial charge in [0.05, 0.1) is 5.56 Å². The van der Waals surface area contributed by atoms with E-state index in [4.69, 9.17) is 22.7 Å². The maximum atomic E-state index is 12.1. The summed E-state index contributed by atoms with van der Waals surface area (Å²) in [7, 11) is 0. The summed E-state index contributed by atoms with van der Waals surface area (Å²) in [6.45, 7) is 6.56. The number of benzene rings is 1. The number of hydrogen-bond donors (Lipinski definition) is 3. The molecule has 0 saturated carbocycles. The fraction of sp³-hybridized carbons (Fsp3) is 0.409. The average molecular weight is 446 g/mol. The van der Waals surface area contributed by atoms with Crippen LogP contribution in [-0.2, 0) is 17.6 Å². The third kappa shape index (κ3) is 5.37. The summed E-state index contributed by atoms with van der Waals surface area (Å²) in [5.41, 5.74) is 7.37. The first-order valence-electron chi connectivity index (χ1n) is 9.88. The Bertz CT molecular complexity index is 949. The van der Waals surface area contributed by atoms with Crippen molar-refractivity contribution in [2.24, 2.45) is 17.1 Å². The second-order valence-corrected chi connectivity index (χ2v) is 10.00. The van der Waals surface area contributed by atoms with Crippen molar-refractivity contribution in [2.45, 2.75) is 40.0 Å². The van der Waals surface area contributed by atoms with Crippen molar-refractivity contribution < 1.29 is 14.3 Å². The Labute approximate surface area is 186 Å². The van der Waals surface area contributed by atoms with Crippen molar-refractivity contribution in [3.63, 3.8) is 0 Å². The standard InChI is InChI=1S/C22H27N3O3S2/c1-22(2,3)13-9-10-15-16(11-13)30-20(18(15)19(23)27)25-21(29)24-17(26)12-28-14-7-5-4-6-8-14/h4-8,13H,9-12H2,1-3H3,(H2,23,27)(H2,24,25,26,29)/t13-/m1/s1. The molecule has 2 amide bonds. The van der Waals surface area contributed by atoms with Crippen LogP contribution < -0.4 is 21.1 Å². The van der Waals surface area contributed by atoms with Gasteiger partial charge in [0.25, 0.3) is 11.8 Å². The number of thiophene rings is 1. The molecule has 2 aromatic rings. The third-order valence-electron chi connectivity index (χ3n) is 5.33. The van der Waals surface area contributed by atoms with Gasteiger partial charge in [0.2, 0.25) is 0 Å². The number of thiocarbonyl (C=S) groups is 1. The zero-order valence-electron chi connectivity index (χ0n) is 17.4. The molecule has 30 heavy (non-hydrogen) atoms. The maximum absolute atomic E-state index is 12.1. The molecule has 160 valence electrons. The number of nitrogens with two attached hydrogens (primary N) is 1. The number of fused-ring (bicyclic) bond motifs is 1. The van der Waals surface area contributed by atoms with Gasteiger partial charge in [-0.25, -0.2) is 0 Å². The molecule has 1 aliphatic carbocycles. The van der Waals surface area contributed by atoms with E-state index < -0.39 is 5.91 Å². The normalized spacial score (nSPS) is 15.8. The highest BCUT2D eigenvalue weighted by Crippen LogP contribution is 2.44. The molecule has 0 saturated heterocycles. The minimum atomic E-state index is -0.481. The van der Waals surface area contributed by atoms with Crippen LogP contribution in [-0.4, -0.2) is 23.5 Å². The Hall–Kier alpha value is -2.45. The van der Waals surface area contributed by atoms with E-state index in [2.05, 4.69) is 31.4 Å². The molecule has 1 aromatic carbocycles. The molecule has 1 aliphatic rings. The molecule has 0 fully saturated rings. The van der Waals surface area contributed by atoms with E-state index in [-0.39, 0.29) is 23.0 Å². The highest BCUT2D eigenvalue weighted by atomic mass is 32.1. The molecule has 1 atom stereocenters. The Kier molecular flexibility index (Phi) is 6.77. The summed E-state index contributed by atoms with van der Waals surface area (Å²) in [4.78, 5) is 25.4. The van der Waals surface area contributed by atoms with Gasteiger partial charge in [-0.2, -0.15) is 0 Å². The van der Waals surface area contributed by atoms with Crippen LogP contribution >= 0.6 is 23.6 Å². The Morgan fingerprint density at radius 1 is 1.27 bits per heavy atom. The Morgan fingerprint density at radius 3 is 2.60 bits per heavy atom. The molecule has 0 aliphatic heterocycles. The lowest BCUT2D eigenvalue weighted by Crippen LogP contribution is -2.37. The van der Waals surface area contributed by atoms with E-state index in [1.807, 2.05) is 18.2 Å². The highest BCUT2D eigenvalue weighted by molar-refractivity contribution is 7.80. The van der Waals surface area contributed by atoms with Crippen molar-refractivity contribution in [1.82, 2.24) is 5.32 Å². The second-order valence-electron chi connectivity index (χ2n) is 8.48. The van der Waals surface area contributed by atoms with Gasteiger partial charge in [-0.05, 0) is 60.5 Å². The van der Waals surface area contributed by atoms with Crippen LogP contribution in [0.2, 0.25) is 0 Å². The number of para-hydroxylation sites is 1. The van der Waals surface area contributed by atoms with Gasteiger partial charge in [-0.3, -0.25) is 14.9 Å². The topological polar surface area (TPSA) is 93.4 Å². The molecule has 6 nitrogen and oxygen atoms in total. The number of rotatable bonds is 5. The lowest BCUT2D eigenvalue weighted by molar-refractivity contribution is -0.121. The molecule has 0 bridgehead atoms. The minimum Gasteiger partial charge on any atom is -0.484 e. The summed E-state index contributed by atoms with van der Waals surface area (Å²) in [6.07, 6.45) is 2.75. The van der Waals surface area contributed by atoms with Gasteiger partial charge in [0, 0.05) is 4.88 Å². The van der Waals surface area contributed by atoms with Crippen LogP contribution in [0.3, 0.4) is 0 Å². The molecule has 3 rings (SSSR count). The smallest absolute Gasteiger partial charge is 0.264 e. The second kappa shape index (κ2) is 9.14. The first-order valence-corrected chi connectivity index (χ1v) is 11.1. The highest BCUT2D eigenvalue weighted by Gasteiger charge is 2.33. The van der Waals surface area contributed by atoms with Gasteiger partial charge < -0.3 is 15.8 Å². The number of ether oxygens (including phenoxy) is 1. The number of anilines is 1. The van der Waals surface area contributed by atoms with Crippen LogP contribution in [0.4, 0.5) is 5.00 Å². The zero-order valence-corrected chi connectivity index (χ0v) is 19.0. The summed E-state index contributed by atoms with van der Waals surface area (Å²) in [5, 5.41) is 6.29. The number of carbonyl (C=O) groups is 2. The summed E-state index contributed by atoms with van der Waals surface area (Å²) in [6, 6.07) is 9.06. The van der Waals surface area contributed by atoms with E-state index in [1.165, 1.54) is 16.2 Å². The van der Waals surface area contributed by atoms with Crippen LogP contribution in [0, 0.1) is 11.3 Å². The van der Waals surface area contributed by atoms with E-state index in [9.17, 15) is 9.59 Å². The quantitative estimate of drug-likeness (QED) is 0.607. The largest absolute Gasteiger partial charge is 0.484 e. The number of hydrogen-bond acceptors (Lipinski definition) is 5. The van der Waals surface area contributed by atoms with Crippen molar-refractivity contribution in [1.29, 1.82) is 0 Å². The summed E-state index contributed by atoms with van der Waals surface area (Å²) < 4.78 is 5.42. The van der Waals surface area contributed by atoms with Gasteiger partial charge in [-0.15, -0.1) is 11.3 Å². The predicted octanol–water partition coefficient (Wildman–Crippen LogP) is 3.89. The monoisotopic (exact) mass is 445 g/mol. The Morgan fingerprint density at radius 2 is 1.97 bits per heavy atom. The summed E-state index contributed by atoms with van der Waals surface area (Å²) >= 11 is 6.76. The van der Waals surface area contributed by atoms with Crippen molar-refractivity contribution in [3.05, 3.63) is 46.3 Å². The number of amides is 2. The predicted molar refractivity (Wildman–Crippen MR) is 124 cm³/mol. The third-order valence-corrected chi connectivity index (χ3v) is 6.70. The molecule has 1 heterocycles.